The number of hydrogen-bond donors (Lipinski definition) is 1. The lowest BCUT2D eigenvalue weighted by Gasteiger charge is -2.03. The van der Waals surface area contributed by atoms with Gasteiger partial charge in [-0.1, -0.05) is 22.0 Å². The third kappa shape index (κ3) is 2.14. The molecule has 0 aliphatic rings. The molecule has 0 radical (unpaired) electrons. The first-order valence-electron chi connectivity index (χ1n) is 7.02. The lowest BCUT2D eigenvalue weighted by molar-refractivity contribution is 0.0937. The predicted molar refractivity (Wildman–Crippen MR) is 92.5 cm³/mol. The number of nitrogen functional groups attached to an aromatic ring is 1. The number of imidazole rings is 1. The molecule has 0 spiro atoms. The van der Waals surface area contributed by atoms with Gasteiger partial charge >= 0.3 is 0 Å². The molecular formula is C17H12BrN3O2. The Labute approximate surface area is 139 Å². The summed E-state index contributed by atoms with van der Waals surface area (Å²) in [6.07, 6.45) is 0. The number of nitrogens with two attached hydrogens (primary N) is 1. The molecule has 0 saturated heterocycles. The van der Waals surface area contributed by atoms with Crippen LogP contribution >= 0.6 is 15.9 Å². The van der Waals surface area contributed by atoms with Gasteiger partial charge in [0.1, 0.15) is 11.4 Å². The fourth-order valence-corrected chi connectivity index (χ4v) is 3.17. The molecule has 0 amide bonds. The average molecular weight is 370 g/mol. The molecule has 23 heavy (non-hydrogen) atoms. The Morgan fingerprint density at radius 2 is 2.09 bits per heavy atom. The van der Waals surface area contributed by atoms with E-state index in [0.29, 0.717) is 22.6 Å². The normalized spacial score (nSPS) is 11.4. The van der Waals surface area contributed by atoms with Crippen LogP contribution in [0.4, 0.5) is 5.69 Å². The number of carbonyl (C=O) groups excluding carboxylic acids is 1. The average Bonchev–Trinajstić information content (AvgIpc) is 3.08. The summed E-state index contributed by atoms with van der Waals surface area (Å²) < 4.78 is 8.12. The summed E-state index contributed by atoms with van der Waals surface area (Å²) in [6, 6.07) is 12.6. The summed E-state index contributed by atoms with van der Waals surface area (Å²) in [5.41, 5.74) is 8.48. The van der Waals surface area contributed by atoms with Gasteiger partial charge in [0.05, 0.1) is 11.0 Å². The molecule has 5 nitrogen and oxygen atoms in total. The Kier molecular flexibility index (Phi) is 3.02. The molecule has 0 atom stereocenters. The molecule has 6 heteroatoms. The Hall–Kier alpha value is -2.60. The number of rotatable bonds is 1. The Balaban J connectivity index is 1.92. The molecule has 2 aromatic carbocycles. The lowest BCUT2D eigenvalue weighted by Crippen LogP contribution is -2.12. The van der Waals surface area contributed by atoms with Crippen molar-refractivity contribution in [1.82, 2.24) is 9.55 Å². The maximum atomic E-state index is 12.9. The van der Waals surface area contributed by atoms with Crippen LogP contribution in [0.5, 0.6) is 0 Å². The molecule has 0 fully saturated rings. The fraction of sp³-hybridized carbons (Fsp3) is 0.0588. The van der Waals surface area contributed by atoms with Crippen LogP contribution in [0.2, 0.25) is 0 Å². The summed E-state index contributed by atoms with van der Waals surface area (Å²) in [5, 5.41) is 0.859. The molecule has 0 saturated carbocycles. The zero-order valence-corrected chi connectivity index (χ0v) is 13.8. The van der Waals surface area contributed by atoms with Gasteiger partial charge in [0.15, 0.2) is 5.76 Å². The number of fused-ring (bicyclic) bond motifs is 2. The standard InChI is InChI=1S/C17H12BrN3O2/c1-9-20-13-6-5-10(19)7-14(13)21(9)17(22)16-8-11-12(18)3-2-4-15(11)23-16/h2-8H,19H2,1H3. The van der Waals surface area contributed by atoms with Gasteiger partial charge in [-0.15, -0.1) is 0 Å². The maximum absolute atomic E-state index is 12.9. The minimum atomic E-state index is -0.265. The maximum Gasteiger partial charge on any atom is 0.299 e. The highest BCUT2D eigenvalue weighted by Gasteiger charge is 2.20. The Morgan fingerprint density at radius 3 is 2.87 bits per heavy atom. The van der Waals surface area contributed by atoms with E-state index in [9.17, 15) is 4.79 Å². The van der Waals surface area contributed by atoms with Crippen LogP contribution in [-0.2, 0) is 0 Å². The zero-order chi connectivity index (χ0) is 16.1. The second kappa shape index (κ2) is 4.96. The van der Waals surface area contributed by atoms with Gasteiger partial charge in [0.25, 0.3) is 5.91 Å². The molecule has 0 bridgehead atoms. The van der Waals surface area contributed by atoms with Crippen molar-refractivity contribution in [1.29, 1.82) is 0 Å². The number of aryl methyl sites for hydroxylation is 1. The minimum Gasteiger partial charge on any atom is -0.451 e. The fourth-order valence-electron chi connectivity index (χ4n) is 2.71. The second-order valence-electron chi connectivity index (χ2n) is 5.31. The van der Waals surface area contributed by atoms with E-state index in [0.717, 1.165) is 15.4 Å². The third-order valence-corrected chi connectivity index (χ3v) is 4.46. The van der Waals surface area contributed by atoms with Crippen LogP contribution < -0.4 is 5.73 Å². The third-order valence-electron chi connectivity index (χ3n) is 3.77. The lowest BCUT2D eigenvalue weighted by atomic mass is 10.2. The number of halogens is 1. The van der Waals surface area contributed by atoms with Gasteiger partial charge in [0, 0.05) is 15.5 Å². The molecule has 2 aromatic heterocycles. The highest BCUT2D eigenvalue weighted by molar-refractivity contribution is 9.10. The van der Waals surface area contributed by atoms with E-state index in [-0.39, 0.29) is 11.7 Å². The van der Waals surface area contributed by atoms with Crippen LogP contribution in [-0.4, -0.2) is 15.5 Å². The SMILES string of the molecule is Cc1nc2ccc(N)cc2n1C(=O)c1cc2c(Br)cccc2o1. The largest absolute Gasteiger partial charge is 0.451 e. The Morgan fingerprint density at radius 1 is 1.26 bits per heavy atom. The number of anilines is 1. The summed E-state index contributed by atoms with van der Waals surface area (Å²) >= 11 is 3.46. The van der Waals surface area contributed by atoms with Crippen LogP contribution in [0.1, 0.15) is 16.4 Å². The van der Waals surface area contributed by atoms with Crippen LogP contribution in [0.25, 0.3) is 22.0 Å². The van der Waals surface area contributed by atoms with Crippen molar-refractivity contribution in [2.75, 3.05) is 5.73 Å². The number of aromatic nitrogens is 2. The molecule has 4 rings (SSSR count). The second-order valence-corrected chi connectivity index (χ2v) is 6.16. The van der Waals surface area contributed by atoms with Crippen molar-refractivity contribution in [3.05, 3.63) is 58.5 Å². The number of carbonyl (C=O) groups is 1. The van der Waals surface area contributed by atoms with Crippen molar-refractivity contribution in [3.8, 4) is 0 Å². The molecule has 0 aliphatic heterocycles. The summed E-state index contributed by atoms with van der Waals surface area (Å²) in [7, 11) is 0. The summed E-state index contributed by atoms with van der Waals surface area (Å²) in [4.78, 5) is 17.3. The van der Waals surface area contributed by atoms with Gasteiger partial charge in [0.2, 0.25) is 0 Å². The zero-order valence-electron chi connectivity index (χ0n) is 12.2. The monoisotopic (exact) mass is 369 g/mol. The van der Waals surface area contributed by atoms with Gasteiger partial charge < -0.3 is 10.2 Å². The van der Waals surface area contributed by atoms with Gasteiger partial charge in [-0.2, -0.15) is 0 Å². The van der Waals surface area contributed by atoms with Crippen LogP contribution in [0.3, 0.4) is 0 Å². The van der Waals surface area contributed by atoms with Gasteiger partial charge in [-0.25, -0.2) is 4.98 Å². The van der Waals surface area contributed by atoms with Crippen molar-refractivity contribution < 1.29 is 9.21 Å². The highest BCUT2D eigenvalue weighted by atomic mass is 79.9. The van der Waals surface area contributed by atoms with Gasteiger partial charge in [-0.3, -0.25) is 9.36 Å². The molecule has 2 N–H and O–H groups in total. The van der Waals surface area contributed by atoms with Crippen LogP contribution in [0, 0.1) is 6.92 Å². The quantitative estimate of drug-likeness (QED) is 0.512. The van der Waals surface area contributed by atoms with Crippen molar-refractivity contribution in [2.24, 2.45) is 0 Å². The summed E-state index contributed by atoms with van der Waals surface area (Å²) in [5.74, 6) is 0.588. The van der Waals surface area contributed by atoms with E-state index >= 15 is 0 Å². The first-order valence-corrected chi connectivity index (χ1v) is 7.81. The topological polar surface area (TPSA) is 74.0 Å². The van der Waals surface area contributed by atoms with E-state index in [2.05, 4.69) is 20.9 Å². The number of benzene rings is 2. The number of furan rings is 1. The first kappa shape index (κ1) is 14.0. The van der Waals surface area contributed by atoms with E-state index in [4.69, 9.17) is 10.2 Å². The molecule has 0 unspecified atom stereocenters. The summed E-state index contributed by atoms with van der Waals surface area (Å²) in [6.45, 7) is 1.78. The smallest absolute Gasteiger partial charge is 0.299 e. The first-order chi connectivity index (χ1) is 11.0. The van der Waals surface area contributed by atoms with E-state index in [1.165, 1.54) is 4.57 Å². The molecule has 114 valence electrons. The van der Waals surface area contributed by atoms with Crippen molar-refractivity contribution >= 4 is 49.5 Å². The molecule has 2 heterocycles. The molecule has 0 aliphatic carbocycles. The van der Waals surface area contributed by atoms with E-state index in [1.807, 2.05) is 18.2 Å². The Bertz CT molecular complexity index is 1080. The van der Waals surface area contributed by atoms with E-state index in [1.54, 1.807) is 31.2 Å². The number of nitrogens with zero attached hydrogens (tertiary/aromatic N) is 2. The molecular weight excluding hydrogens is 358 g/mol. The highest BCUT2D eigenvalue weighted by Crippen LogP contribution is 2.28. The minimum absolute atomic E-state index is 0.261. The van der Waals surface area contributed by atoms with E-state index < -0.39 is 0 Å². The molecule has 4 aromatic rings. The number of hydrogen-bond acceptors (Lipinski definition) is 4. The van der Waals surface area contributed by atoms with Crippen molar-refractivity contribution in [2.45, 2.75) is 6.92 Å². The van der Waals surface area contributed by atoms with Gasteiger partial charge in [-0.05, 0) is 43.3 Å². The van der Waals surface area contributed by atoms with Crippen molar-refractivity contribution in [3.63, 3.8) is 0 Å². The van der Waals surface area contributed by atoms with Crippen LogP contribution in [0.15, 0.2) is 51.4 Å². The predicted octanol–water partition coefficient (Wildman–Crippen LogP) is 4.12.